The van der Waals surface area contributed by atoms with E-state index in [1.165, 1.54) is 61.3 Å². The molecule has 10 aromatic rings. The van der Waals surface area contributed by atoms with Crippen LogP contribution in [0.1, 0.15) is 38.2 Å². The number of hydrogen-bond acceptors (Lipinski definition) is 26. The summed E-state index contributed by atoms with van der Waals surface area (Å²) in [5.41, 5.74) is 2.17. The van der Waals surface area contributed by atoms with Gasteiger partial charge in [-0.2, -0.15) is 91.1 Å². The van der Waals surface area contributed by atoms with Gasteiger partial charge in [-0.15, -0.1) is 38.0 Å². The van der Waals surface area contributed by atoms with Crippen LogP contribution in [-0.2, 0) is 42.8 Å². The van der Waals surface area contributed by atoms with Crippen LogP contribution in [-0.4, -0.2) is 102 Å². The van der Waals surface area contributed by atoms with Crippen molar-refractivity contribution >= 4 is 83.6 Å². The van der Waals surface area contributed by atoms with Gasteiger partial charge in [-0.3, -0.25) is 0 Å². The van der Waals surface area contributed by atoms with Gasteiger partial charge in [-0.25, -0.2) is 29.9 Å². The summed E-state index contributed by atoms with van der Waals surface area (Å²) in [6.07, 6.45) is -12.8. The van der Waals surface area contributed by atoms with E-state index in [0.29, 0.717) is 50.0 Å². The molecule has 10 aromatic heterocycles. The highest BCUT2D eigenvalue weighted by Gasteiger charge is 2.40. The zero-order valence-electron chi connectivity index (χ0n) is 44.1. The minimum Gasteiger partial charge on any atom is -0.480 e. The molecule has 0 spiro atoms. The van der Waals surface area contributed by atoms with E-state index in [2.05, 4.69) is 127 Å². The van der Waals surface area contributed by atoms with Gasteiger partial charge in [0, 0.05) is 15.1 Å². The lowest BCUT2D eigenvalue weighted by Gasteiger charge is -2.22. The molecule has 0 aromatic carbocycles. The first-order valence-electron chi connectivity index (χ1n) is 23.2. The molecule has 0 atom stereocenters. The molecule has 3 N–H and O–H groups in total. The summed E-state index contributed by atoms with van der Waals surface area (Å²) in [7, 11) is 4.35. The number of aromatic nitrogens is 16. The van der Waals surface area contributed by atoms with Crippen LogP contribution in [0.5, 0.6) is 17.6 Å². The first-order valence-corrected chi connectivity index (χ1v) is 26.7. The van der Waals surface area contributed by atoms with Crippen LogP contribution in [0.2, 0.25) is 0 Å². The molecule has 0 saturated carbocycles. The number of hydrogen-bond donors (Lipinski definition) is 2. The van der Waals surface area contributed by atoms with E-state index in [9.17, 15) is 65.9 Å². The maximum Gasteiger partial charge on any atom is 0.471 e. The fraction of sp³-hybridized carbons (Fsp3) is 0.217. The maximum atomic E-state index is 13.2. The molecular weight excluding hydrogens is 1410 g/mol. The summed E-state index contributed by atoms with van der Waals surface area (Å²) in [6.45, 7) is -0.0638. The van der Waals surface area contributed by atoms with Crippen molar-refractivity contribution in [2.24, 2.45) is 0 Å². The topological polar surface area (TPSA) is 301 Å². The highest BCUT2D eigenvalue weighted by atomic mass is 79.9. The van der Waals surface area contributed by atoms with Crippen LogP contribution in [0, 0.1) is 0 Å². The number of thiophene rings is 2. The van der Waals surface area contributed by atoms with E-state index in [4.69, 9.17) is 19.9 Å². The van der Waals surface area contributed by atoms with Gasteiger partial charge in [-0.1, -0.05) is 26.2 Å². The van der Waals surface area contributed by atoms with E-state index in [1.54, 1.807) is 37.7 Å². The largest absolute Gasteiger partial charge is 0.480 e. The summed E-state index contributed by atoms with van der Waals surface area (Å²) >= 11 is 8.71. The number of nitrogen functional groups attached to an aromatic ring is 1. The van der Waals surface area contributed by atoms with Crippen molar-refractivity contribution in [1.29, 1.82) is 0 Å². The molecular formula is C46H32Br2F15N19O5S2. The predicted molar refractivity (Wildman–Crippen MR) is 286 cm³/mol. The van der Waals surface area contributed by atoms with Crippen LogP contribution < -0.4 is 30.2 Å². The Bertz CT molecular complexity index is 3820. The van der Waals surface area contributed by atoms with Crippen LogP contribution in [0.4, 0.5) is 94.9 Å². The Hall–Kier alpha value is -9.13. The number of nitrogens with two attached hydrogens (primary N) is 1. The van der Waals surface area contributed by atoms with Crippen molar-refractivity contribution in [1.82, 2.24) is 80.8 Å². The Morgan fingerprint density at radius 2 is 0.978 bits per heavy atom. The molecule has 10 rings (SSSR count). The minimum atomic E-state index is -4.79. The number of alkyl halides is 16. The molecule has 43 heteroatoms. The van der Waals surface area contributed by atoms with E-state index >= 15 is 0 Å². The minimum absolute atomic E-state index is 0.0375. The lowest BCUT2D eigenvalue weighted by atomic mass is 10.3. The van der Waals surface area contributed by atoms with Gasteiger partial charge in [0.05, 0.1) is 110 Å². The molecule has 10 heterocycles. The van der Waals surface area contributed by atoms with Gasteiger partial charge >= 0.3 is 42.7 Å². The van der Waals surface area contributed by atoms with E-state index in [1.807, 2.05) is 0 Å². The van der Waals surface area contributed by atoms with Crippen LogP contribution >= 0.6 is 54.5 Å². The fourth-order valence-corrected chi connectivity index (χ4v) is 8.25. The average molecular weight is 1440 g/mol. The molecule has 0 amide bonds. The summed E-state index contributed by atoms with van der Waals surface area (Å²) in [6, 6.07) is 8.81. The number of nitrogens with zero attached hydrogens (tertiary/aromatic N) is 17. The number of rotatable bonds is 12. The Balaban J connectivity index is 0.000000194. The number of methoxy groups -OCH3 is 3. The van der Waals surface area contributed by atoms with E-state index in [-0.39, 0.29) is 58.0 Å². The van der Waals surface area contributed by atoms with Crippen molar-refractivity contribution in [2.75, 3.05) is 37.3 Å². The lowest BCUT2D eigenvalue weighted by molar-refractivity contribution is -0.160. The zero-order valence-corrected chi connectivity index (χ0v) is 48.9. The molecule has 0 saturated heterocycles. The van der Waals surface area contributed by atoms with Crippen molar-refractivity contribution in [2.45, 2.75) is 42.8 Å². The summed E-state index contributed by atoms with van der Waals surface area (Å²) in [5, 5.41) is 30.1. The first-order chi connectivity index (χ1) is 41.9. The molecule has 0 bridgehead atoms. The molecule has 0 fully saturated rings. The summed E-state index contributed by atoms with van der Waals surface area (Å²) in [4.78, 5) is 33.9. The van der Waals surface area contributed by atoms with Crippen molar-refractivity contribution in [3.05, 3.63) is 141 Å². The van der Waals surface area contributed by atoms with Gasteiger partial charge in [0.25, 0.3) is 0 Å². The number of halogens is 17. The summed E-state index contributed by atoms with van der Waals surface area (Å²) in [5.74, 6) is -2.27. The van der Waals surface area contributed by atoms with Crippen molar-refractivity contribution < 1.29 is 89.1 Å². The van der Waals surface area contributed by atoms with Crippen molar-refractivity contribution in [3.8, 4) is 39.0 Å². The quantitative estimate of drug-likeness (QED) is 0.0848. The van der Waals surface area contributed by atoms with Gasteiger partial charge in [0.2, 0.25) is 29.3 Å². The highest BCUT2D eigenvalue weighted by molar-refractivity contribution is 9.10. The number of ether oxygens (including phenoxy) is 3. The second-order valence-corrected chi connectivity index (χ2v) is 19.7. The fourth-order valence-electron chi connectivity index (χ4n) is 5.81. The average Bonchev–Trinajstić information content (AvgIpc) is 4.20. The third kappa shape index (κ3) is 21.0. The van der Waals surface area contributed by atoms with Crippen LogP contribution in [0.3, 0.4) is 0 Å². The Labute approximate surface area is 511 Å². The monoisotopic (exact) mass is 1440 g/mol. The smallest absolute Gasteiger partial charge is 0.471 e. The standard InChI is InChI=1S/C18H11F6N7O2S.C10H8F3N5O.C8H4BrF3N2OS.C5H5BrN2O.C5H4F3N3/c1-32-14-7-25-13(6-26-14)31(12-4-9(5-27-29-12)17(19,20)21)8-10-2-3-11(34-10)15-28-16(33-30-15)18(22,23)24;1-19-9-5-14-8(4-15-9)17-7-2-6(3-16-18-7)10(11,12)13;9-3-4-1-2-5(16-4)6-13-7(15-14-6)8(10,11)12;1-9-5-3-7-4(6)2-8-5;6-5(7,8)3-1-4(9)11-10-2-3/h2-7H,8H2,1H3;2-5H,1H3,(H,14,17,18);1-2H,3H2;2-3H,1H3;1-2H,(H2,9,11). The maximum absolute atomic E-state index is 13.2. The number of nitrogens with one attached hydrogen (secondary N) is 1. The normalized spacial score (nSPS) is 11.5. The van der Waals surface area contributed by atoms with E-state index < -0.39 is 59.4 Å². The molecule has 0 aliphatic rings. The molecule has 0 aliphatic heterocycles. The summed E-state index contributed by atoms with van der Waals surface area (Å²) < 4.78 is 211. The first kappa shape index (κ1) is 69.0. The molecule has 0 unspecified atom stereocenters. The van der Waals surface area contributed by atoms with Gasteiger partial charge < -0.3 is 39.2 Å². The predicted octanol–water partition coefficient (Wildman–Crippen LogP) is 12.8. The molecule has 24 nitrogen and oxygen atoms in total. The number of anilines is 5. The Kier molecular flexibility index (Phi) is 23.4. The molecule has 89 heavy (non-hydrogen) atoms. The highest BCUT2D eigenvalue weighted by Crippen LogP contribution is 2.37. The third-order valence-corrected chi connectivity index (χ3v) is 13.3. The van der Waals surface area contributed by atoms with Crippen LogP contribution in [0.15, 0.2) is 112 Å². The second-order valence-electron chi connectivity index (χ2n) is 16.0. The van der Waals surface area contributed by atoms with Crippen molar-refractivity contribution in [3.63, 3.8) is 0 Å². The Morgan fingerprint density at radius 1 is 0.506 bits per heavy atom. The lowest BCUT2D eigenvalue weighted by Crippen LogP contribution is -2.20. The van der Waals surface area contributed by atoms with Gasteiger partial charge in [0.1, 0.15) is 16.2 Å². The molecule has 0 aliphatic carbocycles. The molecule has 472 valence electrons. The van der Waals surface area contributed by atoms with Crippen LogP contribution in [0.25, 0.3) is 21.4 Å². The zero-order chi connectivity index (χ0) is 65.3. The van der Waals surface area contributed by atoms with Gasteiger partial charge in [0.15, 0.2) is 17.5 Å². The van der Waals surface area contributed by atoms with E-state index in [0.717, 1.165) is 34.4 Å². The Morgan fingerprint density at radius 3 is 1.40 bits per heavy atom. The van der Waals surface area contributed by atoms with Gasteiger partial charge in [-0.05, 0) is 58.4 Å². The third-order valence-electron chi connectivity index (χ3n) is 9.77. The SMILES string of the molecule is COc1cnc(Br)cn1.COc1cnc(N(Cc2ccc(-c3noc(C(F)(F)F)n3)s2)c2cc(C(F)(F)F)cnn2)cn1.COc1cnc(Nc2cc(C(F)(F)F)cnn2)cn1.FC(F)(F)c1nc(-c2ccc(CBr)s2)no1.Nc1cc(C(F)(F)F)cnn1. The molecule has 0 radical (unpaired) electrons. The second kappa shape index (κ2) is 30.2.